The topological polar surface area (TPSA) is 91.6 Å². The fraction of sp³-hybridized carbons (Fsp3) is 0.360. The number of para-hydroxylation sites is 1. The van der Waals surface area contributed by atoms with Crippen LogP contribution in [0.3, 0.4) is 0 Å². The van der Waals surface area contributed by atoms with E-state index in [0.717, 1.165) is 11.3 Å². The van der Waals surface area contributed by atoms with Crippen LogP contribution in [-0.2, 0) is 28.9 Å². The van der Waals surface area contributed by atoms with Crippen molar-refractivity contribution < 1.29 is 24.2 Å². The number of fused-ring (bicyclic) bond motifs is 3. The lowest BCUT2D eigenvalue weighted by atomic mass is 9.91. The molecule has 0 saturated carbocycles. The average molecular weight is 473 g/mol. The molecular formula is C25H26ClFN2O4. The van der Waals surface area contributed by atoms with Gasteiger partial charge in [0, 0.05) is 23.5 Å². The van der Waals surface area contributed by atoms with Gasteiger partial charge in [0.15, 0.2) is 0 Å². The molecule has 1 unspecified atom stereocenters. The molecule has 0 bridgehead atoms. The van der Waals surface area contributed by atoms with Crippen LogP contribution in [0.2, 0.25) is 5.02 Å². The van der Waals surface area contributed by atoms with Crippen LogP contribution in [0.15, 0.2) is 36.4 Å². The van der Waals surface area contributed by atoms with Gasteiger partial charge in [-0.25, -0.2) is 9.18 Å². The molecule has 1 aliphatic carbocycles. The highest BCUT2D eigenvalue weighted by Gasteiger charge is 2.32. The minimum Gasteiger partial charge on any atom is -0.508 e. The van der Waals surface area contributed by atoms with Crippen molar-refractivity contribution in [2.24, 2.45) is 0 Å². The molecule has 0 aliphatic heterocycles. The number of carboxylic acid groups (broad SMARTS) is 1. The number of aromatic hydroxyl groups is 1. The highest BCUT2D eigenvalue weighted by molar-refractivity contribution is 6.35. The van der Waals surface area contributed by atoms with Gasteiger partial charge in [0.05, 0.1) is 10.5 Å². The molecule has 3 aromatic rings. The Hall–Kier alpha value is -3.06. The predicted octanol–water partition coefficient (Wildman–Crippen LogP) is 4.78. The molecule has 174 valence electrons. The van der Waals surface area contributed by atoms with Crippen molar-refractivity contribution in [3.05, 3.63) is 64.1 Å². The Bertz CT molecular complexity index is 1220. The zero-order valence-electron chi connectivity index (χ0n) is 18.3. The van der Waals surface area contributed by atoms with Gasteiger partial charge in [-0.2, -0.15) is 0 Å². The third-order valence-corrected chi connectivity index (χ3v) is 6.66. The molecular weight excluding hydrogens is 447 g/mol. The van der Waals surface area contributed by atoms with E-state index in [1.54, 1.807) is 29.7 Å². The molecule has 1 aliphatic rings. The van der Waals surface area contributed by atoms with Crippen LogP contribution in [0.1, 0.15) is 49.0 Å². The molecule has 6 nitrogen and oxygen atoms in total. The van der Waals surface area contributed by atoms with Crippen LogP contribution >= 0.6 is 11.6 Å². The van der Waals surface area contributed by atoms with Crippen molar-refractivity contribution in [3.8, 4) is 5.75 Å². The van der Waals surface area contributed by atoms with E-state index in [4.69, 9.17) is 11.6 Å². The summed E-state index contributed by atoms with van der Waals surface area (Å²) in [6.45, 7) is 1.80. The van der Waals surface area contributed by atoms with E-state index >= 15 is 0 Å². The maximum absolute atomic E-state index is 14.2. The number of aryl methyl sites for hydroxylation is 1. The van der Waals surface area contributed by atoms with Crippen LogP contribution in [0, 0.1) is 5.82 Å². The second kappa shape index (κ2) is 9.43. The SMILES string of the molecule is CCC(C(=O)O)n1c2c(c3cc(F)cc(Cl)c31)C[C@@H](NC(=O)CCc1ccccc1O)CC2. The zero-order valence-corrected chi connectivity index (χ0v) is 19.0. The number of nitrogens with zero attached hydrogens (tertiary/aromatic N) is 1. The third kappa shape index (κ3) is 4.55. The first-order valence-corrected chi connectivity index (χ1v) is 11.5. The highest BCUT2D eigenvalue weighted by atomic mass is 35.5. The first kappa shape index (κ1) is 23.1. The smallest absolute Gasteiger partial charge is 0.326 e. The molecule has 0 fully saturated rings. The van der Waals surface area contributed by atoms with Crippen LogP contribution in [0.5, 0.6) is 5.75 Å². The number of halogens is 2. The predicted molar refractivity (Wildman–Crippen MR) is 124 cm³/mol. The Kier molecular flexibility index (Phi) is 6.61. The molecule has 8 heteroatoms. The van der Waals surface area contributed by atoms with Gasteiger partial charge in [0.2, 0.25) is 5.91 Å². The molecule has 1 heterocycles. The van der Waals surface area contributed by atoms with Gasteiger partial charge in [-0.3, -0.25) is 4.79 Å². The summed E-state index contributed by atoms with van der Waals surface area (Å²) in [5.41, 5.74) is 2.92. The summed E-state index contributed by atoms with van der Waals surface area (Å²) in [6.07, 6.45) is 2.69. The van der Waals surface area contributed by atoms with Crippen molar-refractivity contribution in [1.82, 2.24) is 9.88 Å². The van der Waals surface area contributed by atoms with E-state index < -0.39 is 17.8 Å². The molecule has 4 rings (SSSR count). The molecule has 0 saturated heterocycles. The summed E-state index contributed by atoms with van der Waals surface area (Å²) < 4.78 is 16.0. The number of benzene rings is 2. The number of aliphatic carboxylic acids is 1. The second-order valence-corrected chi connectivity index (χ2v) is 8.88. The summed E-state index contributed by atoms with van der Waals surface area (Å²) >= 11 is 6.38. The number of phenolic OH excluding ortho intramolecular Hbond substituents is 1. The van der Waals surface area contributed by atoms with E-state index in [9.17, 15) is 24.2 Å². The monoisotopic (exact) mass is 472 g/mol. The van der Waals surface area contributed by atoms with Crippen molar-refractivity contribution >= 4 is 34.4 Å². The first-order chi connectivity index (χ1) is 15.8. The number of nitrogens with one attached hydrogen (secondary N) is 1. The van der Waals surface area contributed by atoms with Crippen LogP contribution < -0.4 is 5.32 Å². The molecule has 0 spiro atoms. The number of carbonyl (C=O) groups excluding carboxylic acids is 1. The van der Waals surface area contributed by atoms with Crippen LogP contribution in [0.25, 0.3) is 10.9 Å². The number of hydrogen-bond donors (Lipinski definition) is 3. The van der Waals surface area contributed by atoms with Crippen LogP contribution in [-0.4, -0.2) is 32.7 Å². The van der Waals surface area contributed by atoms with Gasteiger partial charge in [0.25, 0.3) is 0 Å². The Labute approximate surface area is 196 Å². The first-order valence-electron chi connectivity index (χ1n) is 11.1. The lowest BCUT2D eigenvalue weighted by molar-refractivity contribution is -0.141. The Balaban J connectivity index is 1.59. The summed E-state index contributed by atoms with van der Waals surface area (Å²) in [4.78, 5) is 24.5. The maximum atomic E-state index is 14.2. The molecule has 2 atom stereocenters. The fourth-order valence-electron chi connectivity index (χ4n) is 4.84. The zero-order chi connectivity index (χ0) is 23.7. The molecule has 2 aromatic carbocycles. The second-order valence-electron chi connectivity index (χ2n) is 8.48. The lowest BCUT2D eigenvalue weighted by Gasteiger charge is -2.26. The lowest BCUT2D eigenvalue weighted by Crippen LogP contribution is -2.39. The summed E-state index contributed by atoms with van der Waals surface area (Å²) in [5.74, 6) is -1.40. The summed E-state index contributed by atoms with van der Waals surface area (Å²) in [7, 11) is 0. The van der Waals surface area contributed by atoms with Gasteiger partial charge in [-0.15, -0.1) is 0 Å². The van der Waals surface area contributed by atoms with Crippen LogP contribution in [0.4, 0.5) is 4.39 Å². The Morgan fingerprint density at radius 2 is 2.06 bits per heavy atom. The Morgan fingerprint density at radius 1 is 1.30 bits per heavy atom. The Morgan fingerprint density at radius 3 is 2.76 bits per heavy atom. The van der Waals surface area contributed by atoms with Crippen molar-refractivity contribution in [1.29, 1.82) is 0 Å². The van der Waals surface area contributed by atoms with E-state index in [1.165, 1.54) is 12.1 Å². The number of carbonyl (C=O) groups is 2. The minimum absolute atomic E-state index is 0.128. The van der Waals surface area contributed by atoms with Gasteiger partial charge < -0.3 is 20.1 Å². The van der Waals surface area contributed by atoms with Crippen molar-refractivity contribution in [2.45, 2.75) is 57.5 Å². The van der Waals surface area contributed by atoms with Gasteiger partial charge in [-0.1, -0.05) is 36.7 Å². The third-order valence-electron chi connectivity index (χ3n) is 6.38. The molecule has 1 amide bonds. The number of rotatable bonds is 7. The normalized spacial score (nSPS) is 16.4. The summed E-state index contributed by atoms with van der Waals surface area (Å²) in [5, 5.41) is 23.5. The van der Waals surface area contributed by atoms with Crippen molar-refractivity contribution in [2.75, 3.05) is 0 Å². The van der Waals surface area contributed by atoms with Gasteiger partial charge in [0.1, 0.15) is 17.6 Å². The number of hydrogen-bond acceptors (Lipinski definition) is 3. The molecule has 1 aromatic heterocycles. The molecule has 33 heavy (non-hydrogen) atoms. The highest BCUT2D eigenvalue weighted by Crippen LogP contribution is 2.39. The largest absolute Gasteiger partial charge is 0.508 e. The fourth-order valence-corrected chi connectivity index (χ4v) is 5.14. The maximum Gasteiger partial charge on any atom is 0.326 e. The van der Waals surface area contributed by atoms with Gasteiger partial charge in [-0.05, 0) is 61.4 Å². The average Bonchev–Trinajstić information content (AvgIpc) is 3.07. The quantitative estimate of drug-likeness (QED) is 0.461. The van der Waals surface area contributed by atoms with E-state index in [1.807, 2.05) is 6.07 Å². The standard InChI is InChI=1S/C25H26ClFN2O4/c1-2-20(25(32)33)29-21-9-8-16(13-17(21)18-11-15(27)12-19(26)24(18)29)28-23(31)10-7-14-5-3-4-6-22(14)30/h3-6,11-12,16,20,30H,2,7-10,13H2,1H3,(H,28,31)(H,32,33)/t16-,20?/m0/s1. The molecule has 0 radical (unpaired) electrons. The minimum atomic E-state index is -0.961. The van der Waals surface area contributed by atoms with Gasteiger partial charge >= 0.3 is 5.97 Å². The van der Waals surface area contributed by atoms with E-state index in [2.05, 4.69) is 5.32 Å². The number of aromatic nitrogens is 1. The van der Waals surface area contributed by atoms with E-state index in [-0.39, 0.29) is 29.1 Å². The van der Waals surface area contributed by atoms with E-state index in [0.29, 0.717) is 48.6 Å². The summed E-state index contributed by atoms with van der Waals surface area (Å²) in [6, 6.07) is 8.58. The number of phenols is 1. The molecule has 3 N–H and O–H groups in total. The number of amides is 1. The van der Waals surface area contributed by atoms with Crippen molar-refractivity contribution in [3.63, 3.8) is 0 Å². The number of carboxylic acids is 1.